The van der Waals surface area contributed by atoms with Gasteiger partial charge in [-0.25, -0.2) is 0 Å². The van der Waals surface area contributed by atoms with Gasteiger partial charge in [0.15, 0.2) is 0 Å². The Morgan fingerprint density at radius 3 is 2.48 bits per heavy atom. The van der Waals surface area contributed by atoms with Gasteiger partial charge in [-0.3, -0.25) is 0 Å². The predicted octanol–water partition coefficient (Wildman–Crippen LogP) is 3.73. The first-order chi connectivity index (χ1) is 9.99. The average molecular weight is 356 g/mol. The number of hydrogen-bond donors (Lipinski definition) is 1. The van der Waals surface area contributed by atoms with Gasteiger partial charge in [0.25, 0.3) is 0 Å². The van der Waals surface area contributed by atoms with Gasteiger partial charge in [-0.1, -0.05) is 13.0 Å². The number of likely N-dealkylation sites (N-methyl/N-ethyl adjacent to an activating group) is 2. The molecular formula is C17H30BrN3. The van der Waals surface area contributed by atoms with Gasteiger partial charge >= 0.3 is 0 Å². The summed E-state index contributed by atoms with van der Waals surface area (Å²) in [6, 6.07) is 7.20. The Bertz CT molecular complexity index is 420. The average Bonchev–Trinajstić information content (AvgIpc) is 2.41. The lowest BCUT2D eigenvalue weighted by Crippen LogP contribution is -2.40. The molecule has 1 aromatic carbocycles. The van der Waals surface area contributed by atoms with Gasteiger partial charge in [0.2, 0.25) is 0 Å². The molecule has 1 rings (SSSR count). The molecule has 0 fully saturated rings. The molecule has 1 N–H and O–H groups in total. The fourth-order valence-electron chi connectivity index (χ4n) is 2.65. The first-order valence-electron chi connectivity index (χ1n) is 7.90. The number of anilines is 1. The second-order valence-corrected chi connectivity index (χ2v) is 6.71. The molecule has 1 aromatic rings. The van der Waals surface area contributed by atoms with Gasteiger partial charge in [0.1, 0.15) is 0 Å². The molecule has 0 amide bonds. The van der Waals surface area contributed by atoms with Crippen molar-refractivity contribution >= 4 is 21.6 Å². The Morgan fingerprint density at radius 2 is 1.95 bits per heavy atom. The van der Waals surface area contributed by atoms with Gasteiger partial charge in [-0.05, 0) is 74.5 Å². The van der Waals surface area contributed by atoms with Gasteiger partial charge in [-0.15, -0.1) is 0 Å². The van der Waals surface area contributed by atoms with Crippen LogP contribution < -0.4 is 10.2 Å². The third kappa shape index (κ3) is 5.97. The van der Waals surface area contributed by atoms with Crippen LogP contribution in [0.4, 0.5) is 5.69 Å². The molecule has 0 bridgehead atoms. The first kappa shape index (κ1) is 18.5. The largest absolute Gasteiger partial charge is 0.367 e. The highest BCUT2D eigenvalue weighted by Crippen LogP contribution is 2.29. The summed E-state index contributed by atoms with van der Waals surface area (Å²) < 4.78 is 1.19. The lowest BCUT2D eigenvalue weighted by Gasteiger charge is -2.33. The molecule has 1 unspecified atom stereocenters. The van der Waals surface area contributed by atoms with E-state index in [0.29, 0.717) is 6.04 Å². The first-order valence-corrected chi connectivity index (χ1v) is 8.69. The van der Waals surface area contributed by atoms with E-state index in [1.54, 1.807) is 0 Å². The van der Waals surface area contributed by atoms with Crippen LogP contribution in [0.15, 0.2) is 22.7 Å². The standard InChI is InChI=1S/C17H30BrN3/c1-6-10-19-12-15-8-9-17(16(18)11-15)21(7-2)14(3)13-20(4)5/h8-9,11,14,19H,6-7,10,12-13H2,1-5H3. The van der Waals surface area contributed by atoms with E-state index in [1.165, 1.54) is 22.1 Å². The summed E-state index contributed by atoms with van der Waals surface area (Å²) in [5.41, 5.74) is 2.61. The Morgan fingerprint density at radius 1 is 1.24 bits per heavy atom. The molecular weight excluding hydrogens is 326 g/mol. The molecule has 0 saturated heterocycles. The summed E-state index contributed by atoms with van der Waals surface area (Å²) in [4.78, 5) is 4.69. The molecule has 0 spiro atoms. The van der Waals surface area contributed by atoms with Crippen molar-refractivity contribution in [1.29, 1.82) is 0 Å². The van der Waals surface area contributed by atoms with E-state index in [-0.39, 0.29) is 0 Å². The van der Waals surface area contributed by atoms with Crippen molar-refractivity contribution in [3.8, 4) is 0 Å². The fourth-order valence-corrected chi connectivity index (χ4v) is 3.30. The maximum atomic E-state index is 3.75. The van der Waals surface area contributed by atoms with Crippen molar-refractivity contribution in [2.45, 2.75) is 39.8 Å². The van der Waals surface area contributed by atoms with Crippen molar-refractivity contribution in [3.05, 3.63) is 28.2 Å². The lowest BCUT2D eigenvalue weighted by atomic mass is 10.1. The number of rotatable bonds is 9. The third-order valence-corrected chi connectivity index (χ3v) is 4.21. The van der Waals surface area contributed by atoms with Crippen LogP contribution in [-0.4, -0.2) is 44.7 Å². The van der Waals surface area contributed by atoms with Crippen LogP contribution in [-0.2, 0) is 6.54 Å². The van der Waals surface area contributed by atoms with Crippen molar-refractivity contribution < 1.29 is 0 Å². The fraction of sp³-hybridized carbons (Fsp3) is 0.647. The van der Waals surface area contributed by atoms with Crippen LogP contribution in [0.5, 0.6) is 0 Å². The Labute approximate surface area is 138 Å². The van der Waals surface area contributed by atoms with E-state index < -0.39 is 0 Å². The number of nitrogens with one attached hydrogen (secondary N) is 1. The van der Waals surface area contributed by atoms with E-state index in [4.69, 9.17) is 0 Å². The quantitative estimate of drug-likeness (QED) is 0.681. The Balaban J connectivity index is 2.81. The van der Waals surface area contributed by atoms with Gasteiger partial charge in [0, 0.05) is 30.1 Å². The van der Waals surface area contributed by atoms with Crippen LogP contribution in [0.2, 0.25) is 0 Å². The highest BCUT2D eigenvalue weighted by molar-refractivity contribution is 9.10. The molecule has 0 saturated carbocycles. The van der Waals surface area contributed by atoms with Crippen LogP contribution in [0.1, 0.15) is 32.8 Å². The molecule has 3 nitrogen and oxygen atoms in total. The minimum absolute atomic E-state index is 0.491. The number of halogens is 1. The Kier molecular flexibility index (Phi) is 8.30. The van der Waals surface area contributed by atoms with Crippen LogP contribution in [0, 0.1) is 0 Å². The Hall–Kier alpha value is -0.580. The predicted molar refractivity (Wildman–Crippen MR) is 97.2 cm³/mol. The van der Waals surface area contributed by atoms with E-state index in [9.17, 15) is 0 Å². The zero-order valence-electron chi connectivity index (χ0n) is 14.1. The minimum atomic E-state index is 0.491. The van der Waals surface area contributed by atoms with Crippen molar-refractivity contribution in [3.63, 3.8) is 0 Å². The summed E-state index contributed by atoms with van der Waals surface area (Å²) in [5.74, 6) is 0. The zero-order valence-corrected chi connectivity index (χ0v) is 15.7. The molecule has 0 aliphatic rings. The summed E-state index contributed by atoms with van der Waals surface area (Å²) in [6.07, 6.45) is 1.17. The minimum Gasteiger partial charge on any atom is -0.367 e. The zero-order chi connectivity index (χ0) is 15.8. The monoisotopic (exact) mass is 355 g/mol. The molecule has 1 atom stereocenters. The van der Waals surface area contributed by atoms with E-state index in [2.05, 4.69) is 84.1 Å². The van der Waals surface area contributed by atoms with Gasteiger partial charge in [0.05, 0.1) is 5.69 Å². The van der Waals surface area contributed by atoms with E-state index in [0.717, 1.165) is 26.2 Å². The number of hydrogen-bond acceptors (Lipinski definition) is 3. The van der Waals surface area contributed by atoms with E-state index >= 15 is 0 Å². The van der Waals surface area contributed by atoms with Crippen LogP contribution >= 0.6 is 15.9 Å². The summed E-state index contributed by atoms with van der Waals surface area (Å²) in [7, 11) is 4.25. The molecule has 0 heterocycles. The van der Waals surface area contributed by atoms with Crippen molar-refractivity contribution in [1.82, 2.24) is 10.2 Å². The molecule has 0 radical (unpaired) electrons. The highest BCUT2D eigenvalue weighted by Gasteiger charge is 2.16. The second-order valence-electron chi connectivity index (χ2n) is 5.86. The molecule has 0 aliphatic heterocycles. The number of benzene rings is 1. The molecule has 120 valence electrons. The second kappa shape index (κ2) is 9.44. The summed E-state index contributed by atoms with van der Waals surface area (Å²) in [6.45, 7) is 10.8. The highest BCUT2D eigenvalue weighted by atomic mass is 79.9. The summed E-state index contributed by atoms with van der Waals surface area (Å²) >= 11 is 3.75. The van der Waals surface area contributed by atoms with Crippen molar-refractivity contribution in [2.24, 2.45) is 0 Å². The maximum absolute atomic E-state index is 3.75. The molecule has 21 heavy (non-hydrogen) atoms. The topological polar surface area (TPSA) is 18.5 Å². The summed E-state index contributed by atoms with van der Waals surface area (Å²) in [5, 5.41) is 3.45. The molecule has 0 aliphatic carbocycles. The maximum Gasteiger partial charge on any atom is 0.0513 e. The van der Waals surface area contributed by atoms with Crippen LogP contribution in [0.25, 0.3) is 0 Å². The van der Waals surface area contributed by atoms with Crippen molar-refractivity contribution in [2.75, 3.05) is 38.6 Å². The smallest absolute Gasteiger partial charge is 0.0513 e. The number of nitrogens with zero attached hydrogens (tertiary/aromatic N) is 2. The van der Waals surface area contributed by atoms with Gasteiger partial charge < -0.3 is 15.1 Å². The lowest BCUT2D eigenvalue weighted by molar-refractivity contribution is 0.373. The normalized spacial score (nSPS) is 12.7. The molecule has 4 heteroatoms. The van der Waals surface area contributed by atoms with Crippen LogP contribution in [0.3, 0.4) is 0 Å². The molecule has 0 aromatic heterocycles. The third-order valence-electron chi connectivity index (χ3n) is 3.58. The van der Waals surface area contributed by atoms with E-state index in [1.807, 2.05) is 0 Å². The van der Waals surface area contributed by atoms with Gasteiger partial charge in [-0.2, -0.15) is 0 Å². The SMILES string of the molecule is CCCNCc1ccc(N(CC)C(C)CN(C)C)c(Br)c1.